The van der Waals surface area contributed by atoms with Gasteiger partial charge < -0.3 is 15.5 Å². The van der Waals surface area contributed by atoms with Crippen LogP contribution in [0.3, 0.4) is 0 Å². The number of hydrogen-bond donors (Lipinski definition) is 3. The van der Waals surface area contributed by atoms with Crippen molar-refractivity contribution in [3.05, 3.63) is 23.5 Å². The molecule has 4 N–H and O–H groups in total. The number of nitrogens with one attached hydrogen (secondary N) is 2. The van der Waals surface area contributed by atoms with Crippen molar-refractivity contribution in [2.75, 3.05) is 25.5 Å². The van der Waals surface area contributed by atoms with E-state index in [2.05, 4.69) is 32.1 Å². The van der Waals surface area contributed by atoms with Gasteiger partial charge in [-0.2, -0.15) is 0 Å². The standard InChI is InChI=1S/C16H23N7OS/c1-17-7-12-8-23(21-20-12)9-13-6-11-2-4-22(13)10-14(11)15(24)19-16-18-3-5-25-16/h3,5,8,11,13-14,17H,2,4,6-7,9-10H2,1H3,(H,18,19,24)/p+2/t11-,13+,14-/m0/s1. The van der Waals surface area contributed by atoms with Crippen molar-refractivity contribution in [1.29, 1.82) is 0 Å². The first-order valence-corrected chi connectivity index (χ1v) is 9.82. The molecule has 0 spiro atoms. The van der Waals surface area contributed by atoms with E-state index in [4.69, 9.17) is 0 Å². The Morgan fingerprint density at radius 2 is 2.48 bits per heavy atom. The lowest BCUT2D eigenvalue weighted by molar-refractivity contribution is -0.945. The molecule has 1 amide bonds. The zero-order valence-electron chi connectivity index (χ0n) is 14.4. The number of carbonyl (C=O) groups excluding carboxylic acids is 1. The summed E-state index contributed by atoms with van der Waals surface area (Å²) in [4.78, 5) is 18.3. The third-order valence-electron chi connectivity index (χ3n) is 5.46. The van der Waals surface area contributed by atoms with Crippen LogP contribution in [-0.2, 0) is 17.9 Å². The lowest BCUT2D eigenvalue weighted by Crippen LogP contribution is -3.20. The van der Waals surface area contributed by atoms with Crippen LogP contribution in [0.25, 0.3) is 0 Å². The van der Waals surface area contributed by atoms with E-state index in [9.17, 15) is 4.79 Å². The summed E-state index contributed by atoms with van der Waals surface area (Å²) < 4.78 is 1.97. The van der Waals surface area contributed by atoms with Gasteiger partial charge in [-0.05, 0) is 5.92 Å². The van der Waals surface area contributed by atoms with Gasteiger partial charge in [0.1, 0.15) is 18.3 Å². The van der Waals surface area contributed by atoms with Gasteiger partial charge in [0, 0.05) is 24.4 Å². The number of nitrogens with two attached hydrogens (primary N) is 1. The molecule has 3 aliphatic rings. The van der Waals surface area contributed by atoms with Gasteiger partial charge in [-0.25, -0.2) is 9.67 Å². The Morgan fingerprint density at radius 3 is 3.20 bits per heavy atom. The molecule has 5 heterocycles. The van der Waals surface area contributed by atoms with Crippen molar-refractivity contribution in [1.82, 2.24) is 20.0 Å². The van der Waals surface area contributed by atoms with E-state index in [0.29, 0.717) is 17.1 Å². The van der Waals surface area contributed by atoms with Crippen LogP contribution in [-0.4, -0.2) is 52.1 Å². The summed E-state index contributed by atoms with van der Waals surface area (Å²) in [6.07, 6.45) is 5.99. The first kappa shape index (κ1) is 16.6. The van der Waals surface area contributed by atoms with Gasteiger partial charge in [0.05, 0.1) is 38.8 Å². The largest absolute Gasteiger partial charge is 0.344 e. The number of piperidine rings is 3. The minimum Gasteiger partial charge on any atom is -0.344 e. The molecule has 0 radical (unpaired) electrons. The highest BCUT2D eigenvalue weighted by Gasteiger charge is 2.46. The highest BCUT2D eigenvalue weighted by atomic mass is 32.1. The third kappa shape index (κ3) is 3.58. The van der Waals surface area contributed by atoms with Gasteiger partial charge in [-0.3, -0.25) is 4.79 Å². The summed E-state index contributed by atoms with van der Waals surface area (Å²) in [5.74, 6) is 0.705. The van der Waals surface area contributed by atoms with E-state index >= 15 is 0 Å². The lowest BCUT2D eigenvalue weighted by atomic mass is 9.75. The number of carbonyl (C=O) groups is 1. The average molecular weight is 363 g/mol. The second kappa shape index (κ2) is 7.19. The van der Waals surface area contributed by atoms with E-state index < -0.39 is 0 Å². The van der Waals surface area contributed by atoms with Crippen LogP contribution in [0.2, 0.25) is 0 Å². The Bertz CT molecular complexity index is 716. The molecule has 2 aromatic heterocycles. The maximum absolute atomic E-state index is 12.6. The van der Waals surface area contributed by atoms with Crippen molar-refractivity contribution in [2.24, 2.45) is 11.8 Å². The SMILES string of the molecule is C[NH2+]Cc1cn(C[C@H]2C[C@@H]3CC[NH+]2C[C@@H]3C(=O)Nc2nccs2)nn1. The third-order valence-corrected chi connectivity index (χ3v) is 6.15. The summed E-state index contributed by atoms with van der Waals surface area (Å²) in [5, 5.41) is 16.2. The number of quaternary nitrogens is 2. The topological polar surface area (TPSA) is 93.8 Å². The van der Waals surface area contributed by atoms with Crippen LogP contribution < -0.4 is 15.5 Å². The van der Waals surface area contributed by atoms with E-state index in [1.807, 2.05) is 17.1 Å². The highest BCUT2D eigenvalue weighted by Crippen LogP contribution is 2.28. The molecule has 2 bridgehead atoms. The fourth-order valence-corrected chi connectivity index (χ4v) is 4.79. The Morgan fingerprint density at radius 1 is 1.56 bits per heavy atom. The smallest absolute Gasteiger partial charge is 0.235 e. The molecule has 25 heavy (non-hydrogen) atoms. The molecule has 3 saturated heterocycles. The van der Waals surface area contributed by atoms with Crippen LogP contribution in [0, 0.1) is 11.8 Å². The number of fused-ring (bicyclic) bond motifs is 3. The Labute approximate surface area is 150 Å². The van der Waals surface area contributed by atoms with Crippen LogP contribution in [0.1, 0.15) is 18.5 Å². The molecule has 4 atom stereocenters. The van der Waals surface area contributed by atoms with E-state index in [1.54, 1.807) is 6.20 Å². The van der Waals surface area contributed by atoms with Gasteiger partial charge in [-0.1, -0.05) is 5.21 Å². The molecule has 1 unspecified atom stereocenters. The number of anilines is 1. The second-order valence-electron chi connectivity index (χ2n) is 7.07. The average Bonchev–Trinajstić information content (AvgIpc) is 3.28. The lowest BCUT2D eigenvalue weighted by Gasteiger charge is -2.46. The zero-order chi connectivity index (χ0) is 17.2. The molecule has 0 aliphatic carbocycles. The van der Waals surface area contributed by atoms with E-state index in [0.717, 1.165) is 44.7 Å². The summed E-state index contributed by atoms with van der Waals surface area (Å²) >= 11 is 1.47. The fraction of sp³-hybridized carbons (Fsp3) is 0.625. The maximum Gasteiger partial charge on any atom is 0.235 e. The molecule has 5 rings (SSSR count). The molecule has 0 saturated carbocycles. The van der Waals surface area contributed by atoms with Gasteiger partial charge in [0.25, 0.3) is 0 Å². The summed E-state index contributed by atoms with van der Waals surface area (Å²) in [5.41, 5.74) is 1.02. The zero-order valence-corrected chi connectivity index (χ0v) is 15.2. The number of amides is 1. The van der Waals surface area contributed by atoms with Crippen LogP contribution in [0.4, 0.5) is 5.13 Å². The molecule has 9 heteroatoms. The minimum absolute atomic E-state index is 0.102. The number of rotatable bonds is 6. The quantitative estimate of drug-likeness (QED) is 0.574. The van der Waals surface area contributed by atoms with Gasteiger partial charge in [0.15, 0.2) is 5.13 Å². The minimum atomic E-state index is 0.102. The predicted octanol–water partition coefficient (Wildman–Crippen LogP) is -1.64. The molecule has 134 valence electrons. The van der Waals surface area contributed by atoms with Crippen LogP contribution in [0.15, 0.2) is 17.8 Å². The Hall–Kier alpha value is -1.84. The predicted molar refractivity (Wildman–Crippen MR) is 93.0 cm³/mol. The van der Waals surface area contributed by atoms with E-state index in [-0.39, 0.29) is 11.8 Å². The second-order valence-corrected chi connectivity index (χ2v) is 7.97. The molecular formula is C16H25N7OS+2. The van der Waals surface area contributed by atoms with Gasteiger partial charge >= 0.3 is 0 Å². The molecule has 3 aliphatic heterocycles. The van der Waals surface area contributed by atoms with Gasteiger partial charge in [0.2, 0.25) is 5.91 Å². The van der Waals surface area contributed by atoms with Crippen molar-refractivity contribution >= 4 is 22.4 Å². The van der Waals surface area contributed by atoms with Crippen molar-refractivity contribution in [2.45, 2.75) is 32.0 Å². The number of nitrogens with zero attached hydrogens (tertiary/aromatic N) is 4. The number of hydrogen-bond acceptors (Lipinski definition) is 5. The Balaban J connectivity index is 1.37. The van der Waals surface area contributed by atoms with Crippen molar-refractivity contribution < 1.29 is 15.0 Å². The van der Waals surface area contributed by atoms with Crippen molar-refractivity contribution in [3.8, 4) is 0 Å². The monoisotopic (exact) mass is 363 g/mol. The molecule has 3 fully saturated rings. The normalized spacial score (nSPS) is 28.2. The molecular weight excluding hydrogens is 338 g/mol. The highest BCUT2D eigenvalue weighted by molar-refractivity contribution is 7.13. The summed E-state index contributed by atoms with van der Waals surface area (Å²) in [7, 11) is 2.03. The van der Waals surface area contributed by atoms with Crippen molar-refractivity contribution in [3.63, 3.8) is 0 Å². The van der Waals surface area contributed by atoms with Crippen LogP contribution in [0.5, 0.6) is 0 Å². The maximum atomic E-state index is 12.6. The number of thiazole rings is 1. The molecule has 8 nitrogen and oxygen atoms in total. The summed E-state index contributed by atoms with van der Waals surface area (Å²) in [6.45, 7) is 3.82. The first-order chi connectivity index (χ1) is 12.2. The van der Waals surface area contributed by atoms with Crippen LogP contribution >= 0.6 is 11.3 Å². The Kier molecular flexibility index (Phi) is 4.78. The summed E-state index contributed by atoms with van der Waals surface area (Å²) in [6, 6.07) is 0.530. The van der Waals surface area contributed by atoms with Gasteiger partial charge in [-0.15, -0.1) is 16.4 Å². The molecule has 0 aromatic carbocycles. The molecule has 2 aromatic rings. The fourth-order valence-electron chi connectivity index (χ4n) is 4.26. The number of aromatic nitrogens is 4. The first-order valence-electron chi connectivity index (χ1n) is 8.94. The van der Waals surface area contributed by atoms with E-state index in [1.165, 1.54) is 16.2 Å².